The second kappa shape index (κ2) is 6.44. The van der Waals surface area contributed by atoms with Crippen LogP contribution >= 0.6 is 0 Å². The van der Waals surface area contributed by atoms with Crippen molar-refractivity contribution in [1.29, 1.82) is 0 Å². The highest BCUT2D eigenvalue weighted by molar-refractivity contribution is 5.82. The number of benzene rings is 1. The summed E-state index contributed by atoms with van der Waals surface area (Å²) < 4.78 is 26.0. The fraction of sp³-hybridized carbons (Fsp3) is 0.562. The van der Waals surface area contributed by atoms with Gasteiger partial charge < -0.3 is 5.32 Å². The molecule has 0 aromatic heterocycles. The van der Waals surface area contributed by atoms with Crippen molar-refractivity contribution in [2.45, 2.75) is 50.5 Å². The Morgan fingerprint density at radius 1 is 1.20 bits per heavy atom. The first kappa shape index (κ1) is 15.1. The van der Waals surface area contributed by atoms with Crippen molar-refractivity contribution in [3.05, 3.63) is 35.4 Å². The molecule has 0 unspecified atom stereocenters. The molecule has 0 saturated heterocycles. The Bertz CT molecular complexity index is 481. The van der Waals surface area contributed by atoms with Crippen molar-refractivity contribution in [2.75, 3.05) is 7.05 Å². The van der Waals surface area contributed by atoms with E-state index in [0.717, 1.165) is 37.8 Å². The smallest absolute Gasteiger partial charge is 0.159 e. The molecular weight excluding hydrogens is 260 g/mol. The van der Waals surface area contributed by atoms with Crippen LogP contribution in [0.4, 0.5) is 8.78 Å². The van der Waals surface area contributed by atoms with Crippen LogP contribution in [-0.2, 0) is 11.2 Å². The minimum atomic E-state index is -0.892. The topological polar surface area (TPSA) is 29.1 Å². The summed E-state index contributed by atoms with van der Waals surface area (Å²) in [6.07, 6.45) is 6.14. The van der Waals surface area contributed by atoms with E-state index in [1.165, 1.54) is 12.5 Å². The Morgan fingerprint density at radius 2 is 1.90 bits per heavy atom. The molecule has 1 saturated carbocycles. The average molecular weight is 281 g/mol. The Balaban J connectivity index is 1.98. The zero-order valence-corrected chi connectivity index (χ0v) is 11.8. The van der Waals surface area contributed by atoms with Crippen molar-refractivity contribution in [3.63, 3.8) is 0 Å². The predicted octanol–water partition coefficient (Wildman–Crippen LogP) is 3.39. The van der Waals surface area contributed by atoms with Gasteiger partial charge in [-0.25, -0.2) is 8.78 Å². The number of hydrogen-bond acceptors (Lipinski definition) is 2. The molecule has 1 aliphatic rings. The molecule has 1 aromatic carbocycles. The molecule has 0 amide bonds. The van der Waals surface area contributed by atoms with Gasteiger partial charge in [-0.2, -0.15) is 0 Å². The summed E-state index contributed by atoms with van der Waals surface area (Å²) in [6.45, 7) is 0. The van der Waals surface area contributed by atoms with Crippen LogP contribution in [0.25, 0.3) is 0 Å². The highest BCUT2D eigenvalue weighted by Gasteiger charge is 2.32. The van der Waals surface area contributed by atoms with Gasteiger partial charge in [0.1, 0.15) is 5.78 Å². The van der Waals surface area contributed by atoms with Crippen molar-refractivity contribution in [1.82, 2.24) is 5.32 Å². The third-order valence-corrected chi connectivity index (χ3v) is 4.26. The summed E-state index contributed by atoms with van der Waals surface area (Å²) in [4.78, 5) is 12.2. The normalized spacial score (nSPS) is 17.9. The Labute approximate surface area is 118 Å². The van der Waals surface area contributed by atoms with Gasteiger partial charge in [0.2, 0.25) is 0 Å². The lowest BCUT2D eigenvalue weighted by Gasteiger charge is -2.36. The number of nitrogens with one attached hydrogen (secondary N) is 1. The maximum absolute atomic E-state index is 13.1. The van der Waals surface area contributed by atoms with Crippen molar-refractivity contribution >= 4 is 5.78 Å². The first-order valence-corrected chi connectivity index (χ1v) is 7.19. The SMILES string of the molecule is CNC1(CC(=O)Cc2ccc(F)c(F)c2)CCCCC1. The van der Waals surface area contributed by atoms with Gasteiger partial charge in [0.25, 0.3) is 0 Å². The maximum Gasteiger partial charge on any atom is 0.159 e. The van der Waals surface area contributed by atoms with E-state index in [-0.39, 0.29) is 17.7 Å². The van der Waals surface area contributed by atoms with E-state index in [4.69, 9.17) is 0 Å². The molecule has 1 fully saturated rings. The predicted molar refractivity (Wildman–Crippen MR) is 74.6 cm³/mol. The van der Waals surface area contributed by atoms with Crippen LogP contribution in [0.1, 0.15) is 44.1 Å². The summed E-state index contributed by atoms with van der Waals surface area (Å²) in [5.74, 6) is -1.69. The third-order valence-electron chi connectivity index (χ3n) is 4.26. The van der Waals surface area contributed by atoms with Crippen LogP contribution in [0.15, 0.2) is 18.2 Å². The average Bonchev–Trinajstić information content (AvgIpc) is 2.44. The summed E-state index contributed by atoms with van der Waals surface area (Å²) in [5, 5.41) is 3.30. The van der Waals surface area contributed by atoms with Crippen molar-refractivity contribution in [3.8, 4) is 0 Å². The Morgan fingerprint density at radius 3 is 2.50 bits per heavy atom. The molecule has 0 spiro atoms. The van der Waals surface area contributed by atoms with E-state index in [0.29, 0.717) is 12.0 Å². The van der Waals surface area contributed by atoms with Gasteiger partial charge in [0.05, 0.1) is 0 Å². The van der Waals surface area contributed by atoms with Gasteiger partial charge in [-0.1, -0.05) is 25.3 Å². The van der Waals surface area contributed by atoms with E-state index in [1.807, 2.05) is 7.05 Å². The first-order valence-electron chi connectivity index (χ1n) is 7.19. The van der Waals surface area contributed by atoms with E-state index >= 15 is 0 Å². The van der Waals surface area contributed by atoms with E-state index in [2.05, 4.69) is 5.32 Å². The van der Waals surface area contributed by atoms with Gasteiger partial charge >= 0.3 is 0 Å². The van der Waals surface area contributed by atoms with Crippen LogP contribution in [-0.4, -0.2) is 18.4 Å². The fourth-order valence-electron chi connectivity index (χ4n) is 3.06. The van der Waals surface area contributed by atoms with Crippen LogP contribution in [0.3, 0.4) is 0 Å². The number of ketones is 1. The molecule has 0 aliphatic heterocycles. The van der Waals surface area contributed by atoms with Crippen LogP contribution in [0.5, 0.6) is 0 Å². The Kier molecular flexibility index (Phi) is 4.86. The number of halogens is 2. The summed E-state index contributed by atoms with van der Waals surface area (Å²) in [5.41, 5.74) is 0.435. The lowest BCUT2D eigenvalue weighted by molar-refractivity contribution is -0.120. The minimum absolute atomic E-state index is 0.0762. The molecule has 0 heterocycles. The van der Waals surface area contributed by atoms with Crippen LogP contribution in [0.2, 0.25) is 0 Å². The van der Waals surface area contributed by atoms with Gasteiger partial charge in [0.15, 0.2) is 11.6 Å². The van der Waals surface area contributed by atoms with E-state index in [1.54, 1.807) is 0 Å². The quantitative estimate of drug-likeness (QED) is 0.896. The number of hydrogen-bond donors (Lipinski definition) is 1. The highest BCUT2D eigenvalue weighted by Crippen LogP contribution is 2.31. The van der Waals surface area contributed by atoms with Crippen molar-refractivity contribution < 1.29 is 13.6 Å². The zero-order valence-electron chi connectivity index (χ0n) is 11.8. The second-order valence-electron chi connectivity index (χ2n) is 5.73. The maximum atomic E-state index is 13.1. The molecule has 110 valence electrons. The van der Waals surface area contributed by atoms with Gasteiger partial charge in [-0.15, -0.1) is 0 Å². The van der Waals surface area contributed by atoms with E-state index in [9.17, 15) is 13.6 Å². The molecule has 0 bridgehead atoms. The third kappa shape index (κ3) is 3.63. The summed E-state index contributed by atoms with van der Waals surface area (Å²) >= 11 is 0. The molecule has 2 rings (SSSR count). The molecule has 4 heteroatoms. The largest absolute Gasteiger partial charge is 0.314 e. The van der Waals surface area contributed by atoms with Gasteiger partial charge in [-0.05, 0) is 37.6 Å². The van der Waals surface area contributed by atoms with Gasteiger partial charge in [0, 0.05) is 18.4 Å². The van der Waals surface area contributed by atoms with Crippen molar-refractivity contribution in [2.24, 2.45) is 0 Å². The number of carbonyl (C=O) groups is 1. The summed E-state index contributed by atoms with van der Waals surface area (Å²) in [7, 11) is 1.90. The van der Waals surface area contributed by atoms with Crippen LogP contribution < -0.4 is 5.32 Å². The monoisotopic (exact) mass is 281 g/mol. The molecular formula is C16H21F2NO. The fourth-order valence-corrected chi connectivity index (χ4v) is 3.06. The number of carbonyl (C=O) groups excluding carboxylic acids is 1. The first-order chi connectivity index (χ1) is 9.54. The Hall–Kier alpha value is -1.29. The zero-order chi connectivity index (χ0) is 14.6. The minimum Gasteiger partial charge on any atom is -0.314 e. The molecule has 1 aliphatic carbocycles. The highest BCUT2D eigenvalue weighted by atomic mass is 19.2. The molecule has 0 radical (unpaired) electrons. The molecule has 0 atom stereocenters. The lowest BCUT2D eigenvalue weighted by Crippen LogP contribution is -2.46. The lowest BCUT2D eigenvalue weighted by atomic mass is 9.78. The van der Waals surface area contributed by atoms with Gasteiger partial charge in [-0.3, -0.25) is 4.79 Å². The number of rotatable bonds is 5. The summed E-state index contributed by atoms with van der Waals surface area (Å²) in [6, 6.07) is 3.66. The second-order valence-corrected chi connectivity index (χ2v) is 5.73. The molecule has 1 aromatic rings. The molecule has 1 N–H and O–H groups in total. The standard InChI is InChI=1S/C16H21F2NO/c1-19-16(7-3-2-4-8-16)11-13(20)9-12-5-6-14(17)15(18)10-12/h5-6,10,19H,2-4,7-9,11H2,1H3. The number of Topliss-reactive ketones (excluding diaryl/α,β-unsaturated/α-hetero) is 1. The molecule has 20 heavy (non-hydrogen) atoms. The van der Waals surface area contributed by atoms with Crippen LogP contribution in [0, 0.1) is 11.6 Å². The molecule has 2 nitrogen and oxygen atoms in total. The van der Waals surface area contributed by atoms with E-state index < -0.39 is 11.6 Å².